The van der Waals surface area contributed by atoms with Crippen molar-refractivity contribution in [3.63, 3.8) is 0 Å². The third-order valence-corrected chi connectivity index (χ3v) is 5.92. The predicted octanol–water partition coefficient (Wildman–Crippen LogP) is 4.15. The molecule has 2 heterocycles. The average molecular weight is 363 g/mol. The summed E-state index contributed by atoms with van der Waals surface area (Å²) in [5.74, 6) is 1.07. The minimum absolute atomic E-state index is 0.00224. The van der Waals surface area contributed by atoms with E-state index in [1.165, 1.54) is 10.6 Å². The first-order valence-electron chi connectivity index (χ1n) is 8.24. The molecule has 1 aromatic carbocycles. The van der Waals surface area contributed by atoms with Crippen molar-refractivity contribution in [2.24, 2.45) is 0 Å². The molecule has 0 spiro atoms. The quantitative estimate of drug-likeness (QED) is 0.752. The van der Waals surface area contributed by atoms with Crippen molar-refractivity contribution in [1.29, 1.82) is 0 Å². The molecule has 2 aromatic rings. The standard InChI is InChI=1S/C18H22N2O2S2/c1-2-22-12-5-10-19-18(21)16-8-9-17(24-16)20-11-13-23-15-7-4-3-6-14(15)20/h3-4,6-9H,2,5,10-13H2,1H3,(H,19,21). The number of nitrogens with zero attached hydrogens (tertiary/aromatic N) is 1. The summed E-state index contributed by atoms with van der Waals surface area (Å²) in [6.45, 7) is 5.00. The maximum atomic E-state index is 12.3. The van der Waals surface area contributed by atoms with Gasteiger partial charge in [-0.25, -0.2) is 0 Å². The molecular formula is C18H22N2O2S2. The highest BCUT2D eigenvalue weighted by Gasteiger charge is 2.20. The van der Waals surface area contributed by atoms with Crippen molar-refractivity contribution in [3.05, 3.63) is 41.3 Å². The van der Waals surface area contributed by atoms with Crippen molar-refractivity contribution in [2.45, 2.75) is 18.2 Å². The van der Waals surface area contributed by atoms with E-state index in [4.69, 9.17) is 4.74 Å². The molecule has 0 unspecified atom stereocenters. The Morgan fingerprint density at radius 2 is 2.17 bits per heavy atom. The fourth-order valence-electron chi connectivity index (χ4n) is 2.60. The molecule has 0 saturated heterocycles. The smallest absolute Gasteiger partial charge is 0.261 e. The first-order chi connectivity index (χ1) is 11.8. The van der Waals surface area contributed by atoms with Gasteiger partial charge in [-0.2, -0.15) is 0 Å². The van der Waals surface area contributed by atoms with Crippen LogP contribution in [-0.4, -0.2) is 38.0 Å². The summed E-state index contributed by atoms with van der Waals surface area (Å²) in [5.41, 5.74) is 1.24. The van der Waals surface area contributed by atoms with Crippen molar-refractivity contribution in [1.82, 2.24) is 5.32 Å². The van der Waals surface area contributed by atoms with Crippen LogP contribution in [0.2, 0.25) is 0 Å². The fraction of sp³-hybridized carbons (Fsp3) is 0.389. The lowest BCUT2D eigenvalue weighted by atomic mass is 10.3. The van der Waals surface area contributed by atoms with E-state index in [0.717, 1.165) is 35.2 Å². The summed E-state index contributed by atoms with van der Waals surface area (Å²) in [6.07, 6.45) is 0.842. The van der Waals surface area contributed by atoms with Crippen LogP contribution in [0.1, 0.15) is 23.0 Å². The summed E-state index contributed by atoms with van der Waals surface area (Å²) < 4.78 is 5.28. The van der Waals surface area contributed by atoms with E-state index in [1.807, 2.05) is 30.8 Å². The summed E-state index contributed by atoms with van der Waals surface area (Å²) in [4.78, 5) is 16.6. The van der Waals surface area contributed by atoms with Crippen LogP contribution in [0.3, 0.4) is 0 Å². The molecule has 128 valence electrons. The van der Waals surface area contributed by atoms with E-state index in [-0.39, 0.29) is 5.91 Å². The summed E-state index contributed by atoms with van der Waals surface area (Å²) >= 11 is 3.44. The number of amides is 1. The minimum atomic E-state index is 0.00224. The van der Waals surface area contributed by atoms with Gasteiger partial charge >= 0.3 is 0 Å². The average Bonchev–Trinajstić information content (AvgIpc) is 3.11. The largest absolute Gasteiger partial charge is 0.382 e. The monoisotopic (exact) mass is 362 g/mol. The maximum Gasteiger partial charge on any atom is 0.261 e. The lowest BCUT2D eigenvalue weighted by Crippen LogP contribution is -2.24. The summed E-state index contributed by atoms with van der Waals surface area (Å²) in [6, 6.07) is 12.4. The molecule has 0 radical (unpaired) electrons. The van der Waals surface area contributed by atoms with Crippen LogP contribution in [0.25, 0.3) is 0 Å². The van der Waals surface area contributed by atoms with E-state index in [1.54, 1.807) is 11.3 Å². The van der Waals surface area contributed by atoms with Gasteiger partial charge in [0.05, 0.1) is 15.6 Å². The number of carbonyl (C=O) groups is 1. The molecule has 1 aromatic heterocycles. The number of thioether (sulfide) groups is 1. The topological polar surface area (TPSA) is 41.6 Å². The second-order valence-corrected chi connectivity index (χ2v) is 7.61. The Labute approximate surface area is 151 Å². The maximum absolute atomic E-state index is 12.3. The van der Waals surface area contributed by atoms with Gasteiger partial charge in [-0.15, -0.1) is 23.1 Å². The van der Waals surface area contributed by atoms with Crippen LogP contribution in [0.4, 0.5) is 10.7 Å². The van der Waals surface area contributed by atoms with Gasteiger partial charge in [-0.05, 0) is 37.6 Å². The van der Waals surface area contributed by atoms with E-state index < -0.39 is 0 Å². The number of anilines is 2. The molecule has 24 heavy (non-hydrogen) atoms. The molecule has 0 atom stereocenters. The summed E-state index contributed by atoms with van der Waals surface area (Å²) in [5, 5.41) is 4.09. The van der Waals surface area contributed by atoms with Crippen LogP contribution < -0.4 is 10.2 Å². The first kappa shape index (κ1) is 17.3. The van der Waals surface area contributed by atoms with Crippen molar-refractivity contribution in [3.8, 4) is 0 Å². The van der Waals surface area contributed by atoms with Crippen molar-refractivity contribution in [2.75, 3.05) is 37.0 Å². The molecule has 0 aliphatic carbocycles. The highest BCUT2D eigenvalue weighted by Crippen LogP contribution is 2.41. The number of para-hydroxylation sites is 1. The molecule has 1 aliphatic rings. The molecule has 0 bridgehead atoms. The van der Waals surface area contributed by atoms with Gasteiger partial charge in [0, 0.05) is 37.0 Å². The molecule has 3 rings (SSSR count). The molecule has 1 aliphatic heterocycles. The fourth-order valence-corrected chi connectivity index (χ4v) is 4.56. The molecule has 0 saturated carbocycles. The van der Waals surface area contributed by atoms with Gasteiger partial charge in [-0.1, -0.05) is 12.1 Å². The lowest BCUT2D eigenvalue weighted by Gasteiger charge is -2.29. The predicted molar refractivity (Wildman–Crippen MR) is 102 cm³/mol. The zero-order valence-corrected chi connectivity index (χ0v) is 15.4. The van der Waals surface area contributed by atoms with Gasteiger partial charge in [0.25, 0.3) is 5.91 Å². The first-order valence-corrected chi connectivity index (χ1v) is 10.0. The molecular weight excluding hydrogens is 340 g/mol. The Kier molecular flexibility index (Phi) is 6.18. The van der Waals surface area contributed by atoms with Crippen LogP contribution >= 0.6 is 23.1 Å². The van der Waals surface area contributed by atoms with Gasteiger partial charge in [-0.3, -0.25) is 4.79 Å². The number of carbonyl (C=O) groups excluding carboxylic acids is 1. The SMILES string of the molecule is CCOCCCNC(=O)c1ccc(N2CCSc3ccccc32)s1. The number of rotatable bonds is 7. The van der Waals surface area contributed by atoms with Crippen molar-refractivity contribution < 1.29 is 9.53 Å². The molecule has 1 N–H and O–H groups in total. The van der Waals surface area contributed by atoms with Gasteiger partial charge in [0.1, 0.15) is 0 Å². The second-order valence-electron chi connectivity index (χ2n) is 5.41. The van der Waals surface area contributed by atoms with E-state index in [9.17, 15) is 4.79 Å². The number of hydrogen-bond donors (Lipinski definition) is 1. The zero-order chi connectivity index (χ0) is 16.8. The highest BCUT2D eigenvalue weighted by molar-refractivity contribution is 7.99. The van der Waals surface area contributed by atoms with Crippen LogP contribution in [0, 0.1) is 0 Å². The number of thiophene rings is 1. The number of benzene rings is 1. The number of ether oxygens (including phenoxy) is 1. The van der Waals surface area contributed by atoms with Crippen molar-refractivity contribution >= 4 is 39.7 Å². The number of hydrogen-bond acceptors (Lipinski definition) is 5. The third kappa shape index (κ3) is 4.12. The Balaban J connectivity index is 1.63. The molecule has 0 fully saturated rings. The zero-order valence-electron chi connectivity index (χ0n) is 13.8. The molecule has 6 heteroatoms. The van der Waals surface area contributed by atoms with Gasteiger partial charge < -0.3 is 15.0 Å². The van der Waals surface area contributed by atoms with Gasteiger partial charge in [0.15, 0.2) is 0 Å². The molecule has 4 nitrogen and oxygen atoms in total. The Bertz CT molecular complexity index is 687. The normalized spacial score (nSPS) is 13.6. The van der Waals surface area contributed by atoms with E-state index in [2.05, 4.69) is 34.5 Å². The Morgan fingerprint density at radius 3 is 3.04 bits per heavy atom. The Morgan fingerprint density at radius 1 is 1.29 bits per heavy atom. The minimum Gasteiger partial charge on any atom is -0.382 e. The lowest BCUT2D eigenvalue weighted by molar-refractivity contribution is 0.0948. The second kappa shape index (κ2) is 8.55. The van der Waals surface area contributed by atoms with E-state index in [0.29, 0.717) is 13.2 Å². The van der Waals surface area contributed by atoms with Crippen LogP contribution in [-0.2, 0) is 4.74 Å². The number of fused-ring (bicyclic) bond motifs is 1. The number of nitrogens with one attached hydrogen (secondary N) is 1. The highest BCUT2D eigenvalue weighted by atomic mass is 32.2. The van der Waals surface area contributed by atoms with Crippen LogP contribution in [0.5, 0.6) is 0 Å². The van der Waals surface area contributed by atoms with Crippen LogP contribution in [0.15, 0.2) is 41.3 Å². The summed E-state index contributed by atoms with van der Waals surface area (Å²) in [7, 11) is 0. The molecule has 1 amide bonds. The Hall–Kier alpha value is -1.50. The van der Waals surface area contributed by atoms with E-state index >= 15 is 0 Å². The van der Waals surface area contributed by atoms with Gasteiger partial charge in [0.2, 0.25) is 0 Å². The third-order valence-electron chi connectivity index (χ3n) is 3.77.